The maximum Gasteiger partial charge on any atom is 0.352 e. The molecule has 0 aliphatic carbocycles. The van der Waals surface area contributed by atoms with Crippen molar-refractivity contribution in [3.63, 3.8) is 0 Å². The summed E-state index contributed by atoms with van der Waals surface area (Å²) in [5.74, 6) is 0.870. The molecule has 3 rings (SSSR count). The van der Waals surface area contributed by atoms with Crippen molar-refractivity contribution in [3.05, 3.63) is 38.5 Å². The molecule has 1 aromatic rings. The van der Waals surface area contributed by atoms with E-state index in [1.165, 1.54) is 7.05 Å². The molecule has 9 nitrogen and oxygen atoms in total. The van der Waals surface area contributed by atoms with Gasteiger partial charge in [0.05, 0.1) is 30.3 Å². The van der Waals surface area contributed by atoms with Crippen LogP contribution in [-0.4, -0.2) is 66.9 Å². The molecule has 2 aliphatic rings. The number of hydrogen-bond donors (Lipinski definition) is 2. The van der Waals surface area contributed by atoms with Gasteiger partial charge in [-0.15, -0.1) is 23.2 Å². The molecule has 0 saturated heterocycles. The lowest BCUT2D eigenvalue weighted by Gasteiger charge is -2.26. The van der Waals surface area contributed by atoms with Crippen LogP contribution in [-0.2, 0) is 13.6 Å². The Morgan fingerprint density at radius 3 is 2.43 bits per heavy atom. The zero-order chi connectivity index (χ0) is 22.0. The minimum Gasteiger partial charge on any atom is -0.394 e. The fraction of sp³-hybridized carbons (Fsp3) is 0.474. The third-order valence-electron chi connectivity index (χ3n) is 4.93. The van der Waals surface area contributed by atoms with Crippen molar-refractivity contribution < 1.29 is 10.2 Å². The smallest absolute Gasteiger partial charge is 0.352 e. The van der Waals surface area contributed by atoms with E-state index in [0.29, 0.717) is 35.9 Å². The molecule has 11 heteroatoms. The average Bonchev–Trinajstić information content (AvgIpc) is 2.72. The number of aliphatic hydroxyl groups is 2. The Bertz CT molecular complexity index is 1140. The van der Waals surface area contributed by atoms with E-state index >= 15 is 0 Å². The molecule has 2 heterocycles. The number of halogens is 2. The molecule has 162 valence electrons. The summed E-state index contributed by atoms with van der Waals surface area (Å²) in [6.45, 7) is 2.50. The van der Waals surface area contributed by atoms with E-state index in [2.05, 4.69) is 9.97 Å². The van der Waals surface area contributed by atoms with Gasteiger partial charge in [0.1, 0.15) is 0 Å². The van der Waals surface area contributed by atoms with Crippen LogP contribution in [0, 0.1) is 6.92 Å². The molecular weight excluding hydrogens is 433 g/mol. The number of nitrogens with zero attached hydrogens (tertiary/aromatic N) is 5. The quantitative estimate of drug-likeness (QED) is 0.376. The first kappa shape index (κ1) is 22.5. The van der Waals surface area contributed by atoms with Crippen LogP contribution in [0.5, 0.6) is 0 Å². The van der Waals surface area contributed by atoms with Crippen LogP contribution < -0.4 is 16.1 Å². The van der Waals surface area contributed by atoms with Crippen molar-refractivity contribution in [2.45, 2.75) is 19.6 Å². The second-order valence-electron chi connectivity index (χ2n) is 6.98. The van der Waals surface area contributed by atoms with Crippen molar-refractivity contribution in [3.8, 4) is 11.5 Å². The molecule has 0 amide bonds. The summed E-state index contributed by atoms with van der Waals surface area (Å²) in [6.07, 6.45) is -1.11. The zero-order valence-electron chi connectivity index (χ0n) is 16.7. The number of aliphatic hydroxyl groups excluding tert-OH is 2. The van der Waals surface area contributed by atoms with Gasteiger partial charge in [-0.25, -0.2) is 9.78 Å². The van der Waals surface area contributed by atoms with E-state index in [1.54, 1.807) is 4.57 Å². The highest BCUT2D eigenvalue weighted by molar-refractivity contribution is 6.18. The Hall–Kier alpha value is -2.20. The van der Waals surface area contributed by atoms with Gasteiger partial charge in [-0.3, -0.25) is 9.36 Å². The van der Waals surface area contributed by atoms with Gasteiger partial charge in [-0.1, -0.05) is 0 Å². The van der Waals surface area contributed by atoms with Crippen molar-refractivity contribution in [2.24, 2.45) is 7.05 Å². The maximum atomic E-state index is 12.6. The van der Waals surface area contributed by atoms with Gasteiger partial charge in [0.15, 0.2) is 11.5 Å². The fourth-order valence-electron chi connectivity index (χ4n) is 3.41. The monoisotopic (exact) mass is 455 g/mol. The van der Waals surface area contributed by atoms with E-state index in [-0.39, 0.29) is 18.1 Å². The summed E-state index contributed by atoms with van der Waals surface area (Å²) >= 11 is 11.9. The molecule has 2 N–H and O–H groups in total. The second kappa shape index (κ2) is 9.30. The number of aryl methyl sites for hydroxylation is 1. The highest BCUT2D eigenvalue weighted by Gasteiger charge is 2.23. The summed E-state index contributed by atoms with van der Waals surface area (Å²) < 4.78 is 2.43. The van der Waals surface area contributed by atoms with Gasteiger partial charge in [-0.2, -0.15) is 4.98 Å². The van der Waals surface area contributed by atoms with Crippen molar-refractivity contribution >= 4 is 39.9 Å². The Kier molecular flexibility index (Phi) is 6.97. The minimum atomic E-state index is -1.11. The minimum absolute atomic E-state index is 0.0141. The predicted octanol–water partition coefficient (Wildman–Crippen LogP) is 0.541. The van der Waals surface area contributed by atoms with Gasteiger partial charge < -0.3 is 19.7 Å². The van der Waals surface area contributed by atoms with Gasteiger partial charge in [-0.05, 0) is 24.6 Å². The largest absolute Gasteiger partial charge is 0.394 e. The topological polar surface area (TPSA) is 113 Å². The summed E-state index contributed by atoms with van der Waals surface area (Å²) in [5, 5.41) is 19.5. The van der Waals surface area contributed by atoms with Crippen LogP contribution in [0.3, 0.4) is 0 Å². The highest BCUT2D eigenvalue weighted by atomic mass is 35.5. The van der Waals surface area contributed by atoms with Crippen molar-refractivity contribution in [1.29, 1.82) is 0 Å². The molecular formula is C19H23Cl2N5O4. The Balaban J connectivity index is 2.39. The lowest BCUT2D eigenvalue weighted by atomic mass is 10.1. The predicted molar refractivity (Wildman–Crippen MR) is 117 cm³/mol. The van der Waals surface area contributed by atoms with E-state index in [4.69, 9.17) is 23.2 Å². The molecule has 0 spiro atoms. The van der Waals surface area contributed by atoms with Crippen LogP contribution in [0.4, 0.5) is 5.69 Å². The number of aromatic nitrogens is 4. The Labute approximate surface area is 182 Å². The van der Waals surface area contributed by atoms with Gasteiger partial charge in [0, 0.05) is 37.6 Å². The average molecular weight is 456 g/mol. The first-order valence-electron chi connectivity index (χ1n) is 9.40. The number of alkyl halides is 2. The van der Waals surface area contributed by atoms with E-state index < -0.39 is 24.0 Å². The van der Waals surface area contributed by atoms with Crippen LogP contribution in [0.25, 0.3) is 22.6 Å². The third kappa shape index (κ3) is 4.15. The van der Waals surface area contributed by atoms with E-state index in [1.807, 2.05) is 24.0 Å². The molecule has 1 atom stereocenters. The lowest BCUT2D eigenvalue weighted by Crippen LogP contribution is -2.37. The molecule has 0 fully saturated rings. The van der Waals surface area contributed by atoms with Crippen LogP contribution >= 0.6 is 23.2 Å². The van der Waals surface area contributed by atoms with E-state index in [9.17, 15) is 19.8 Å². The molecule has 30 heavy (non-hydrogen) atoms. The Morgan fingerprint density at radius 1 is 1.17 bits per heavy atom. The second-order valence-corrected chi connectivity index (χ2v) is 7.74. The highest BCUT2D eigenvalue weighted by Crippen LogP contribution is 2.29. The lowest BCUT2D eigenvalue weighted by molar-refractivity contribution is 0.0822. The van der Waals surface area contributed by atoms with Gasteiger partial charge in [0.25, 0.3) is 5.56 Å². The number of fused-ring (bicyclic) bond motifs is 2. The number of hydrogen-bond acceptors (Lipinski definition) is 7. The molecule has 0 bridgehead atoms. The summed E-state index contributed by atoms with van der Waals surface area (Å²) in [6, 6.07) is 3.68. The van der Waals surface area contributed by atoms with Crippen LogP contribution in [0.1, 0.15) is 5.56 Å². The Morgan fingerprint density at radius 2 is 1.83 bits per heavy atom. The SMILES string of the molecule is Cc1cc2nc3c(=O)n(C)c(=O)nc-3n(CC(O)CO)c2cc1N(CCCl)CCCl. The maximum absolute atomic E-state index is 12.6. The standard InChI is InChI=1S/C19H23Cl2N5O4/c1-11-7-13-15(8-14(11)25(5-3-20)6-4-21)26(9-12(28)10-27)17-16(22-13)18(29)24(2)19(30)23-17/h7-8,12,27-28H,3-6,9-10H2,1-2H3. The molecule has 1 unspecified atom stereocenters. The molecule has 0 saturated carbocycles. The summed E-state index contributed by atoms with van der Waals surface area (Å²) in [4.78, 5) is 35.3. The first-order valence-corrected chi connectivity index (χ1v) is 10.5. The number of anilines is 1. The first-order chi connectivity index (χ1) is 14.3. The summed E-state index contributed by atoms with van der Waals surface area (Å²) in [7, 11) is 1.33. The van der Waals surface area contributed by atoms with Gasteiger partial charge >= 0.3 is 5.69 Å². The molecule has 1 aromatic carbocycles. The fourth-order valence-corrected chi connectivity index (χ4v) is 3.82. The molecule has 0 aromatic heterocycles. The van der Waals surface area contributed by atoms with Crippen molar-refractivity contribution in [2.75, 3.05) is 36.4 Å². The van der Waals surface area contributed by atoms with E-state index in [0.717, 1.165) is 15.8 Å². The summed E-state index contributed by atoms with van der Waals surface area (Å²) in [5.41, 5.74) is 1.55. The third-order valence-corrected chi connectivity index (χ3v) is 5.27. The van der Waals surface area contributed by atoms with Crippen LogP contribution in [0.2, 0.25) is 0 Å². The number of benzene rings is 1. The molecule has 0 radical (unpaired) electrons. The zero-order valence-corrected chi connectivity index (χ0v) is 18.2. The molecule has 2 aliphatic heterocycles. The van der Waals surface area contributed by atoms with Gasteiger partial charge in [0.2, 0.25) is 0 Å². The van der Waals surface area contributed by atoms with Crippen molar-refractivity contribution in [1.82, 2.24) is 19.1 Å². The van der Waals surface area contributed by atoms with Crippen LogP contribution in [0.15, 0.2) is 21.7 Å². The normalized spacial score (nSPS) is 12.6. The number of rotatable bonds is 8.